The lowest BCUT2D eigenvalue weighted by atomic mass is 10.0. The van der Waals surface area contributed by atoms with Crippen LogP contribution in [0, 0.1) is 5.92 Å². The third-order valence-electron chi connectivity index (χ3n) is 4.73. The summed E-state index contributed by atoms with van der Waals surface area (Å²) in [6.45, 7) is 0. The molecule has 1 heterocycles. The van der Waals surface area contributed by atoms with E-state index in [-0.39, 0.29) is 17.9 Å². The SMILES string of the molecule is CNC(=O)C1Cc2ccccc2N1C(=O)CC1CCCC1. The van der Waals surface area contributed by atoms with E-state index in [2.05, 4.69) is 5.32 Å². The minimum absolute atomic E-state index is 0.0778. The van der Waals surface area contributed by atoms with Crippen molar-refractivity contribution >= 4 is 17.5 Å². The number of fused-ring (bicyclic) bond motifs is 1. The third-order valence-corrected chi connectivity index (χ3v) is 4.73. The van der Waals surface area contributed by atoms with E-state index < -0.39 is 0 Å². The van der Waals surface area contributed by atoms with E-state index in [0.717, 1.165) is 24.1 Å². The van der Waals surface area contributed by atoms with Crippen LogP contribution in [0.5, 0.6) is 0 Å². The standard InChI is InChI=1S/C17H22N2O2/c1-18-17(21)15-11-13-8-4-5-9-14(13)19(15)16(20)10-12-6-2-3-7-12/h4-5,8-9,12,15H,2-3,6-7,10-11H2,1H3,(H,18,21). The molecule has 1 aromatic carbocycles. The molecule has 0 bridgehead atoms. The number of likely N-dealkylation sites (N-methyl/N-ethyl adjacent to an activating group) is 1. The largest absolute Gasteiger partial charge is 0.357 e. The molecule has 2 aliphatic rings. The first kappa shape index (κ1) is 14.1. The molecule has 0 radical (unpaired) electrons. The number of hydrogen-bond donors (Lipinski definition) is 1. The van der Waals surface area contributed by atoms with Crippen molar-refractivity contribution in [3.05, 3.63) is 29.8 Å². The molecular weight excluding hydrogens is 264 g/mol. The number of amides is 2. The second kappa shape index (κ2) is 5.88. The Hall–Kier alpha value is -1.84. The van der Waals surface area contributed by atoms with Crippen LogP contribution in [0.2, 0.25) is 0 Å². The van der Waals surface area contributed by atoms with Gasteiger partial charge in [0.2, 0.25) is 11.8 Å². The molecule has 3 rings (SSSR count). The molecular formula is C17H22N2O2. The quantitative estimate of drug-likeness (QED) is 0.926. The molecule has 112 valence electrons. The molecule has 1 atom stereocenters. The predicted molar refractivity (Wildman–Crippen MR) is 82.1 cm³/mol. The number of carbonyl (C=O) groups is 2. The van der Waals surface area contributed by atoms with E-state index in [1.54, 1.807) is 11.9 Å². The highest BCUT2D eigenvalue weighted by atomic mass is 16.2. The second-order valence-electron chi connectivity index (χ2n) is 6.08. The summed E-state index contributed by atoms with van der Waals surface area (Å²) < 4.78 is 0. The van der Waals surface area contributed by atoms with E-state index in [0.29, 0.717) is 18.8 Å². The fraction of sp³-hybridized carbons (Fsp3) is 0.529. The molecule has 4 heteroatoms. The van der Waals surface area contributed by atoms with Gasteiger partial charge in [-0.1, -0.05) is 31.0 Å². The van der Waals surface area contributed by atoms with Crippen molar-refractivity contribution < 1.29 is 9.59 Å². The molecule has 1 aliphatic heterocycles. The molecule has 1 fully saturated rings. The molecule has 0 spiro atoms. The predicted octanol–water partition coefficient (Wildman–Crippen LogP) is 2.27. The van der Waals surface area contributed by atoms with Crippen LogP contribution in [0.3, 0.4) is 0 Å². The summed E-state index contributed by atoms with van der Waals surface area (Å²) in [4.78, 5) is 26.6. The van der Waals surface area contributed by atoms with Crippen LogP contribution in [0.15, 0.2) is 24.3 Å². The first-order valence-electron chi connectivity index (χ1n) is 7.82. The Balaban J connectivity index is 1.84. The van der Waals surface area contributed by atoms with Gasteiger partial charge in [0.1, 0.15) is 6.04 Å². The summed E-state index contributed by atoms with van der Waals surface area (Å²) in [7, 11) is 1.63. The zero-order valence-electron chi connectivity index (χ0n) is 12.5. The van der Waals surface area contributed by atoms with Gasteiger partial charge < -0.3 is 5.32 Å². The van der Waals surface area contributed by atoms with Crippen molar-refractivity contribution in [1.29, 1.82) is 0 Å². The Bertz CT molecular complexity index is 549. The molecule has 1 unspecified atom stereocenters. The molecule has 2 amide bonds. The Morgan fingerprint density at radius 3 is 2.67 bits per heavy atom. The molecule has 0 saturated heterocycles. The van der Waals surface area contributed by atoms with E-state index >= 15 is 0 Å². The van der Waals surface area contributed by atoms with Gasteiger partial charge >= 0.3 is 0 Å². The van der Waals surface area contributed by atoms with Gasteiger partial charge in [-0.05, 0) is 30.4 Å². The number of rotatable bonds is 3. The number of benzene rings is 1. The molecule has 1 aliphatic carbocycles. The minimum Gasteiger partial charge on any atom is -0.357 e. The molecule has 4 nitrogen and oxygen atoms in total. The summed E-state index contributed by atoms with van der Waals surface area (Å²) in [6.07, 6.45) is 5.94. The maximum absolute atomic E-state index is 12.7. The zero-order chi connectivity index (χ0) is 14.8. The van der Waals surface area contributed by atoms with Gasteiger partial charge in [0.25, 0.3) is 0 Å². The maximum Gasteiger partial charge on any atom is 0.243 e. The molecule has 1 saturated carbocycles. The highest BCUT2D eigenvalue weighted by Gasteiger charge is 2.38. The van der Waals surface area contributed by atoms with Gasteiger partial charge in [0.05, 0.1) is 0 Å². The maximum atomic E-state index is 12.7. The Morgan fingerprint density at radius 2 is 1.95 bits per heavy atom. The highest BCUT2D eigenvalue weighted by molar-refractivity contribution is 6.03. The molecule has 0 aromatic heterocycles. The average Bonchev–Trinajstić information content (AvgIpc) is 3.12. The smallest absolute Gasteiger partial charge is 0.243 e. The van der Waals surface area contributed by atoms with E-state index in [1.807, 2.05) is 24.3 Å². The highest BCUT2D eigenvalue weighted by Crippen LogP contribution is 2.35. The van der Waals surface area contributed by atoms with E-state index in [9.17, 15) is 9.59 Å². The Kier molecular flexibility index (Phi) is 3.95. The van der Waals surface area contributed by atoms with Crippen LogP contribution >= 0.6 is 0 Å². The number of nitrogens with zero attached hydrogens (tertiary/aromatic N) is 1. The lowest BCUT2D eigenvalue weighted by Gasteiger charge is -2.25. The van der Waals surface area contributed by atoms with Gasteiger partial charge in [0.15, 0.2) is 0 Å². The molecule has 1 aromatic rings. The fourth-order valence-corrected chi connectivity index (χ4v) is 3.63. The van der Waals surface area contributed by atoms with Crippen molar-refractivity contribution in [3.63, 3.8) is 0 Å². The third kappa shape index (κ3) is 2.67. The average molecular weight is 286 g/mol. The monoisotopic (exact) mass is 286 g/mol. The second-order valence-corrected chi connectivity index (χ2v) is 6.08. The molecule has 21 heavy (non-hydrogen) atoms. The van der Waals surface area contributed by atoms with Gasteiger partial charge in [-0.3, -0.25) is 14.5 Å². The Morgan fingerprint density at radius 1 is 1.24 bits per heavy atom. The Labute approximate surface area is 125 Å². The van der Waals surface area contributed by atoms with Gasteiger partial charge in [0, 0.05) is 25.6 Å². The number of nitrogens with one attached hydrogen (secondary N) is 1. The van der Waals surface area contributed by atoms with Crippen molar-refractivity contribution in [1.82, 2.24) is 5.32 Å². The summed E-state index contributed by atoms with van der Waals surface area (Å²) in [5.41, 5.74) is 2.00. The minimum atomic E-state index is -0.388. The van der Waals surface area contributed by atoms with E-state index in [4.69, 9.17) is 0 Å². The van der Waals surface area contributed by atoms with E-state index in [1.165, 1.54) is 12.8 Å². The first-order chi connectivity index (χ1) is 10.2. The summed E-state index contributed by atoms with van der Waals surface area (Å²) >= 11 is 0. The van der Waals surface area contributed by atoms with Crippen molar-refractivity contribution in [3.8, 4) is 0 Å². The lowest BCUT2D eigenvalue weighted by Crippen LogP contribution is -2.47. The van der Waals surface area contributed by atoms with Crippen LogP contribution in [0.1, 0.15) is 37.7 Å². The lowest BCUT2D eigenvalue weighted by molar-refractivity contribution is -0.126. The number of anilines is 1. The van der Waals surface area contributed by atoms with Crippen LogP contribution in [0.4, 0.5) is 5.69 Å². The van der Waals surface area contributed by atoms with Gasteiger partial charge in [-0.25, -0.2) is 0 Å². The number of para-hydroxylation sites is 1. The topological polar surface area (TPSA) is 49.4 Å². The van der Waals surface area contributed by atoms with Gasteiger partial charge in [-0.2, -0.15) is 0 Å². The van der Waals surface area contributed by atoms with Crippen LogP contribution in [-0.2, 0) is 16.0 Å². The first-order valence-corrected chi connectivity index (χ1v) is 7.82. The number of carbonyl (C=O) groups excluding carboxylic acids is 2. The van der Waals surface area contributed by atoms with Crippen molar-refractivity contribution in [2.75, 3.05) is 11.9 Å². The van der Waals surface area contributed by atoms with Gasteiger partial charge in [-0.15, -0.1) is 0 Å². The van der Waals surface area contributed by atoms with Crippen molar-refractivity contribution in [2.45, 2.75) is 44.6 Å². The summed E-state index contributed by atoms with van der Waals surface area (Å²) in [5.74, 6) is 0.516. The zero-order valence-corrected chi connectivity index (χ0v) is 12.5. The van der Waals surface area contributed by atoms with Crippen LogP contribution in [-0.4, -0.2) is 24.9 Å². The van der Waals surface area contributed by atoms with Crippen LogP contribution in [0.25, 0.3) is 0 Å². The molecule has 1 N–H and O–H groups in total. The van der Waals surface area contributed by atoms with Crippen molar-refractivity contribution in [2.24, 2.45) is 5.92 Å². The normalized spacial score (nSPS) is 21.4. The summed E-state index contributed by atoms with van der Waals surface area (Å²) in [5, 5.41) is 2.69. The fourth-order valence-electron chi connectivity index (χ4n) is 3.63. The summed E-state index contributed by atoms with van der Waals surface area (Å²) in [6, 6.07) is 7.46. The van der Waals surface area contributed by atoms with Crippen LogP contribution < -0.4 is 10.2 Å². The number of hydrogen-bond acceptors (Lipinski definition) is 2.